The van der Waals surface area contributed by atoms with Gasteiger partial charge in [-0.3, -0.25) is 0 Å². The smallest absolute Gasteiger partial charge is 0.408 e. The Morgan fingerprint density at radius 3 is 2.28 bits per heavy atom. The molecule has 0 saturated carbocycles. The molecule has 0 aliphatic rings. The number of hydrogen-bond donors (Lipinski definition) is 5. The number of thiol groups is 1. The number of alkyl carbamates (subject to hydrolysis) is 1. The molecule has 106 valence electrons. The van der Waals surface area contributed by atoms with E-state index in [1.54, 1.807) is 20.8 Å². The molecule has 0 spiro atoms. The summed E-state index contributed by atoms with van der Waals surface area (Å²) in [6.07, 6.45) is -3.71. The summed E-state index contributed by atoms with van der Waals surface area (Å²) >= 11 is 8.31. The number of carbonyl (C=O) groups excluding carboxylic acids is 1. The van der Waals surface area contributed by atoms with E-state index in [0.717, 1.165) is 0 Å². The number of carbonyl (C=O) groups is 1. The first-order valence-electron chi connectivity index (χ1n) is 5.27. The van der Waals surface area contributed by atoms with E-state index in [1.165, 1.54) is 0 Å². The maximum Gasteiger partial charge on any atom is 0.408 e. The number of thiocarbonyl (C=S) groups is 1. The normalized spacial score (nSPS) is 16.6. The Morgan fingerprint density at radius 1 is 1.44 bits per heavy atom. The summed E-state index contributed by atoms with van der Waals surface area (Å²) in [4.78, 5) is 11.4. The lowest BCUT2D eigenvalue weighted by Gasteiger charge is -2.27. The standard InChI is InChI=1S/C10H19NO5S2/c1-10(2,3)16-9(15)11-5(4-12)6(13)7(14)8(17)18/h5-7,12-14H,4H2,1-3H3,(H,11,15)(H,17,18)/t5-,6?,7?/m0/s1. The Balaban J connectivity index is 4.52. The Kier molecular flexibility index (Phi) is 7.08. The average Bonchev–Trinajstić information content (AvgIpc) is 2.21. The third-order valence-corrected chi connectivity index (χ3v) is 2.39. The monoisotopic (exact) mass is 297 g/mol. The van der Waals surface area contributed by atoms with Gasteiger partial charge in [0.15, 0.2) is 0 Å². The van der Waals surface area contributed by atoms with Crippen LogP contribution >= 0.6 is 24.8 Å². The minimum Gasteiger partial charge on any atom is -0.444 e. The molecule has 6 nitrogen and oxygen atoms in total. The third kappa shape index (κ3) is 6.50. The predicted octanol–water partition coefficient (Wildman–Crippen LogP) is -0.149. The van der Waals surface area contributed by atoms with Gasteiger partial charge in [0.05, 0.1) is 16.8 Å². The summed E-state index contributed by atoms with van der Waals surface area (Å²) in [6, 6.07) is -1.10. The number of nitrogens with one attached hydrogen (secondary N) is 1. The molecule has 3 atom stereocenters. The van der Waals surface area contributed by atoms with E-state index in [9.17, 15) is 15.0 Å². The number of aliphatic hydroxyl groups is 3. The number of amides is 1. The lowest BCUT2D eigenvalue weighted by molar-refractivity contribution is 0.00625. The van der Waals surface area contributed by atoms with Gasteiger partial charge >= 0.3 is 6.09 Å². The van der Waals surface area contributed by atoms with Crippen LogP contribution in [0.2, 0.25) is 0 Å². The van der Waals surface area contributed by atoms with Crippen molar-refractivity contribution in [1.29, 1.82) is 0 Å². The van der Waals surface area contributed by atoms with Crippen LogP contribution in [0, 0.1) is 0 Å². The fourth-order valence-electron chi connectivity index (χ4n) is 1.06. The second kappa shape index (κ2) is 7.25. The topological polar surface area (TPSA) is 99.0 Å². The van der Waals surface area contributed by atoms with Crippen LogP contribution < -0.4 is 5.32 Å². The van der Waals surface area contributed by atoms with Crippen molar-refractivity contribution in [2.24, 2.45) is 0 Å². The largest absolute Gasteiger partial charge is 0.444 e. The fraction of sp³-hybridized carbons (Fsp3) is 0.800. The van der Waals surface area contributed by atoms with Crippen molar-refractivity contribution in [2.45, 2.75) is 44.6 Å². The molecule has 0 heterocycles. The van der Waals surface area contributed by atoms with Gasteiger partial charge in [-0.15, -0.1) is 12.6 Å². The molecule has 2 unspecified atom stereocenters. The molecule has 4 N–H and O–H groups in total. The summed E-state index contributed by atoms with van der Waals surface area (Å²) in [7, 11) is 0. The van der Waals surface area contributed by atoms with Crippen molar-refractivity contribution in [2.75, 3.05) is 6.61 Å². The van der Waals surface area contributed by atoms with E-state index >= 15 is 0 Å². The SMILES string of the molecule is CC(C)(C)OC(=O)N[C@@H](CO)C(O)C(O)C(=S)S. The van der Waals surface area contributed by atoms with Crippen LogP contribution in [0.15, 0.2) is 0 Å². The van der Waals surface area contributed by atoms with Gasteiger partial charge in [-0.05, 0) is 20.8 Å². The number of hydrogen-bond acceptors (Lipinski definition) is 6. The maximum atomic E-state index is 11.4. The summed E-state index contributed by atoms with van der Waals surface area (Å²) in [5.74, 6) is 0. The Hall–Kier alpha value is -0.410. The molecular formula is C10H19NO5S2. The molecular weight excluding hydrogens is 278 g/mol. The summed E-state index contributed by atoms with van der Waals surface area (Å²) in [6.45, 7) is 4.45. The van der Waals surface area contributed by atoms with Crippen molar-refractivity contribution in [3.63, 3.8) is 0 Å². The predicted molar refractivity (Wildman–Crippen MR) is 73.8 cm³/mol. The zero-order valence-corrected chi connectivity index (χ0v) is 12.2. The number of rotatable bonds is 5. The van der Waals surface area contributed by atoms with Crippen LogP contribution in [0.4, 0.5) is 4.79 Å². The minimum atomic E-state index is -1.47. The van der Waals surface area contributed by atoms with Crippen LogP contribution in [0.1, 0.15) is 20.8 Å². The van der Waals surface area contributed by atoms with Gasteiger partial charge in [-0.2, -0.15) is 0 Å². The second-order valence-corrected chi connectivity index (χ2v) is 5.93. The molecule has 0 aliphatic carbocycles. The lowest BCUT2D eigenvalue weighted by Crippen LogP contribution is -2.52. The van der Waals surface area contributed by atoms with Crippen LogP contribution in [0.3, 0.4) is 0 Å². The number of aliphatic hydroxyl groups excluding tert-OH is 3. The van der Waals surface area contributed by atoms with E-state index in [0.29, 0.717) is 0 Å². The lowest BCUT2D eigenvalue weighted by atomic mass is 10.1. The van der Waals surface area contributed by atoms with Gasteiger partial charge in [-0.1, -0.05) is 12.2 Å². The van der Waals surface area contributed by atoms with Gasteiger partial charge in [0, 0.05) is 0 Å². The Labute approximate surface area is 117 Å². The highest BCUT2D eigenvalue weighted by molar-refractivity contribution is 8.11. The molecule has 0 radical (unpaired) electrons. The van der Waals surface area contributed by atoms with Gasteiger partial charge in [-0.25, -0.2) is 4.79 Å². The summed E-state index contributed by atoms with van der Waals surface area (Å²) in [5, 5.41) is 30.5. The minimum absolute atomic E-state index is 0.132. The molecule has 0 saturated heterocycles. The van der Waals surface area contributed by atoms with Gasteiger partial charge in [0.25, 0.3) is 0 Å². The highest BCUT2D eigenvalue weighted by Crippen LogP contribution is 2.09. The van der Waals surface area contributed by atoms with Crippen molar-refractivity contribution in [3.8, 4) is 0 Å². The van der Waals surface area contributed by atoms with E-state index in [2.05, 4.69) is 30.2 Å². The first-order valence-corrected chi connectivity index (χ1v) is 6.13. The van der Waals surface area contributed by atoms with E-state index < -0.39 is 36.6 Å². The van der Waals surface area contributed by atoms with Crippen LogP contribution in [0.25, 0.3) is 0 Å². The molecule has 8 heteroatoms. The Morgan fingerprint density at radius 2 is 1.94 bits per heavy atom. The maximum absolute atomic E-state index is 11.4. The van der Waals surface area contributed by atoms with E-state index in [4.69, 9.17) is 9.84 Å². The summed E-state index contributed by atoms with van der Waals surface area (Å²) in [5.41, 5.74) is -0.702. The van der Waals surface area contributed by atoms with Gasteiger partial charge < -0.3 is 25.4 Å². The molecule has 0 aliphatic heterocycles. The molecule has 0 bridgehead atoms. The second-order valence-electron chi connectivity index (χ2n) is 4.71. The molecule has 0 aromatic carbocycles. The van der Waals surface area contributed by atoms with Crippen molar-refractivity contribution in [1.82, 2.24) is 5.32 Å². The van der Waals surface area contributed by atoms with E-state index in [1.807, 2.05) is 0 Å². The van der Waals surface area contributed by atoms with Gasteiger partial charge in [0.1, 0.15) is 17.8 Å². The van der Waals surface area contributed by atoms with E-state index in [-0.39, 0.29) is 4.20 Å². The quantitative estimate of drug-likeness (QED) is 0.358. The molecule has 1 amide bonds. The molecule has 0 aromatic rings. The van der Waals surface area contributed by atoms with Crippen molar-refractivity contribution < 1.29 is 24.9 Å². The van der Waals surface area contributed by atoms with Crippen LogP contribution in [-0.2, 0) is 4.74 Å². The summed E-state index contributed by atoms with van der Waals surface area (Å²) < 4.78 is 4.82. The van der Waals surface area contributed by atoms with Crippen LogP contribution in [-0.4, -0.2) is 56.1 Å². The average molecular weight is 297 g/mol. The highest BCUT2D eigenvalue weighted by Gasteiger charge is 2.30. The third-order valence-electron chi connectivity index (χ3n) is 1.89. The molecule has 0 aromatic heterocycles. The molecule has 18 heavy (non-hydrogen) atoms. The first kappa shape index (κ1) is 17.6. The van der Waals surface area contributed by atoms with Gasteiger partial charge in [0.2, 0.25) is 0 Å². The number of ether oxygens (including phenoxy) is 1. The van der Waals surface area contributed by atoms with Crippen molar-refractivity contribution in [3.05, 3.63) is 0 Å². The fourth-order valence-corrected chi connectivity index (χ4v) is 1.36. The first-order chi connectivity index (χ1) is 8.08. The zero-order valence-electron chi connectivity index (χ0n) is 10.5. The highest BCUT2D eigenvalue weighted by atomic mass is 32.1. The Bertz CT molecular complexity index is 305. The van der Waals surface area contributed by atoms with Crippen LogP contribution in [0.5, 0.6) is 0 Å². The molecule has 0 rings (SSSR count). The van der Waals surface area contributed by atoms with Crippen molar-refractivity contribution >= 4 is 35.1 Å². The molecule has 0 fully saturated rings. The zero-order chi connectivity index (χ0) is 14.5.